The number of aryl methyl sites for hydroxylation is 2. The quantitative estimate of drug-likeness (QED) is 0.919. The van der Waals surface area contributed by atoms with Crippen molar-refractivity contribution >= 4 is 11.6 Å². The van der Waals surface area contributed by atoms with Gasteiger partial charge in [0.05, 0.1) is 0 Å². The van der Waals surface area contributed by atoms with Crippen LogP contribution in [0.4, 0.5) is 5.69 Å². The van der Waals surface area contributed by atoms with Crippen molar-refractivity contribution in [1.29, 1.82) is 0 Å². The number of carbonyl (C=O) groups excluding carboxylic acids is 1. The first-order valence-electron chi connectivity index (χ1n) is 6.66. The summed E-state index contributed by atoms with van der Waals surface area (Å²) in [7, 11) is 0. The van der Waals surface area contributed by atoms with E-state index in [0.29, 0.717) is 0 Å². The van der Waals surface area contributed by atoms with Crippen LogP contribution >= 0.6 is 0 Å². The Balaban J connectivity index is 2.03. The highest BCUT2D eigenvalue weighted by Gasteiger charge is 2.16. The number of carbonyl (C=O) groups is 1. The SMILES string of the molecule is Cc1ccccc1NC(=O)[C@H](C)Oc1ccccc1C. The minimum absolute atomic E-state index is 0.150. The van der Waals surface area contributed by atoms with E-state index < -0.39 is 6.10 Å². The van der Waals surface area contributed by atoms with Crippen molar-refractivity contribution < 1.29 is 9.53 Å². The Morgan fingerprint density at radius 2 is 1.60 bits per heavy atom. The molecule has 0 aliphatic rings. The third kappa shape index (κ3) is 3.38. The average Bonchev–Trinajstić information content (AvgIpc) is 2.43. The van der Waals surface area contributed by atoms with Crippen LogP contribution in [0.5, 0.6) is 5.75 Å². The van der Waals surface area contributed by atoms with E-state index in [-0.39, 0.29) is 5.91 Å². The highest BCUT2D eigenvalue weighted by Crippen LogP contribution is 2.19. The highest BCUT2D eigenvalue weighted by molar-refractivity contribution is 5.94. The summed E-state index contributed by atoms with van der Waals surface area (Å²) in [5.41, 5.74) is 2.87. The van der Waals surface area contributed by atoms with Gasteiger partial charge in [-0.25, -0.2) is 0 Å². The van der Waals surface area contributed by atoms with E-state index >= 15 is 0 Å². The molecule has 2 aromatic rings. The summed E-state index contributed by atoms with van der Waals surface area (Å²) in [5.74, 6) is 0.586. The van der Waals surface area contributed by atoms with Crippen LogP contribution in [0.2, 0.25) is 0 Å². The van der Waals surface area contributed by atoms with Gasteiger partial charge in [0.1, 0.15) is 5.75 Å². The molecule has 0 radical (unpaired) electrons. The normalized spacial score (nSPS) is 11.8. The van der Waals surface area contributed by atoms with Crippen LogP contribution in [-0.2, 0) is 4.79 Å². The molecule has 3 heteroatoms. The molecule has 0 bridgehead atoms. The van der Waals surface area contributed by atoms with Crippen molar-refractivity contribution in [2.45, 2.75) is 26.9 Å². The van der Waals surface area contributed by atoms with Crippen molar-refractivity contribution in [3.63, 3.8) is 0 Å². The molecule has 0 saturated heterocycles. The van der Waals surface area contributed by atoms with Gasteiger partial charge in [0, 0.05) is 5.69 Å². The summed E-state index contributed by atoms with van der Waals surface area (Å²) in [6.07, 6.45) is -0.546. The summed E-state index contributed by atoms with van der Waals surface area (Å²) < 4.78 is 5.71. The largest absolute Gasteiger partial charge is 0.481 e. The lowest BCUT2D eigenvalue weighted by Gasteiger charge is -2.16. The molecule has 2 aromatic carbocycles. The van der Waals surface area contributed by atoms with Crippen LogP contribution in [0.15, 0.2) is 48.5 Å². The summed E-state index contributed by atoms with van der Waals surface area (Å²) in [6.45, 7) is 5.67. The van der Waals surface area contributed by atoms with Crippen LogP contribution < -0.4 is 10.1 Å². The monoisotopic (exact) mass is 269 g/mol. The first-order chi connectivity index (χ1) is 9.58. The number of amides is 1. The van der Waals surface area contributed by atoms with Gasteiger partial charge in [0.25, 0.3) is 5.91 Å². The fourth-order valence-electron chi connectivity index (χ4n) is 1.88. The molecule has 0 unspecified atom stereocenters. The van der Waals surface area contributed by atoms with Crippen LogP contribution in [0, 0.1) is 13.8 Å². The minimum atomic E-state index is -0.546. The van der Waals surface area contributed by atoms with Crippen LogP contribution in [0.25, 0.3) is 0 Å². The third-order valence-electron chi connectivity index (χ3n) is 3.17. The van der Waals surface area contributed by atoms with Gasteiger partial charge in [-0.05, 0) is 44.0 Å². The predicted molar refractivity (Wildman–Crippen MR) is 81.1 cm³/mol. The van der Waals surface area contributed by atoms with Crippen LogP contribution in [-0.4, -0.2) is 12.0 Å². The molecule has 20 heavy (non-hydrogen) atoms. The van der Waals surface area contributed by atoms with Gasteiger partial charge >= 0.3 is 0 Å². The number of para-hydroxylation sites is 2. The van der Waals surface area contributed by atoms with Crippen molar-refractivity contribution in [2.75, 3.05) is 5.32 Å². The summed E-state index contributed by atoms with van der Waals surface area (Å²) in [5, 5.41) is 2.89. The van der Waals surface area contributed by atoms with E-state index in [9.17, 15) is 4.79 Å². The van der Waals surface area contributed by atoms with Gasteiger partial charge in [0.15, 0.2) is 6.10 Å². The Morgan fingerprint density at radius 1 is 1.00 bits per heavy atom. The van der Waals surface area contributed by atoms with Crippen molar-refractivity contribution in [2.24, 2.45) is 0 Å². The molecule has 0 spiro atoms. The fourth-order valence-corrected chi connectivity index (χ4v) is 1.88. The van der Waals surface area contributed by atoms with Crippen LogP contribution in [0.3, 0.4) is 0 Å². The molecule has 0 saturated carbocycles. The Kier molecular flexibility index (Phi) is 4.41. The minimum Gasteiger partial charge on any atom is -0.481 e. The molecule has 104 valence electrons. The standard InChI is InChI=1S/C17H19NO2/c1-12-8-4-6-10-15(12)18-17(19)14(3)20-16-11-7-5-9-13(16)2/h4-11,14H,1-3H3,(H,18,19)/t14-/m0/s1. The Bertz CT molecular complexity index is 607. The second kappa shape index (κ2) is 6.24. The second-order valence-electron chi connectivity index (χ2n) is 4.83. The van der Waals surface area contributed by atoms with Gasteiger partial charge in [-0.1, -0.05) is 36.4 Å². The van der Waals surface area contributed by atoms with Crippen LogP contribution in [0.1, 0.15) is 18.1 Å². The Labute approximate surface area is 119 Å². The molecule has 1 atom stereocenters. The summed E-state index contributed by atoms with van der Waals surface area (Å²) in [4.78, 5) is 12.1. The van der Waals surface area contributed by atoms with E-state index in [1.54, 1.807) is 6.92 Å². The lowest BCUT2D eigenvalue weighted by Crippen LogP contribution is -2.30. The van der Waals surface area contributed by atoms with E-state index in [1.807, 2.05) is 62.4 Å². The molecule has 3 nitrogen and oxygen atoms in total. The lowest BCUT2D eigenvalue weighted by atomic mass is 10.2. The first-order valence-corrected chi connectivity index (χ1v) is 6.66. The molecular weight excluding hydrogens is 250 g/mol. The fraction of sp³-hybridized carbons (Fsp3) is 0.235. The topological polar surface area (TPSA) is 38.3 Å². The number of ether oxygens (including phenoxy) is 1. The van der Waals surface area contributed by atoms with E-state index in [2.05, 4.69) is 5.32 Å². The Morgan fingerprint density at radius 3 is 2.25 bits per heavy atom. The van der Waals surface area contributed by atoms with Crippen molar-refractivity contribution in [1.82, 2.24) is 0 Å². The first kappa shape index (κ1) is 14.1. The highest BCUT2D eigenvalue weighted by atomic mass is 16.5. The smallest absolute Gasteiger partial charge is 0.265 e. The second-order valence-corrected chi connectivity index (χ2v) is 4.83. The zero-order valence-corrected chi connectivity index (χ0v) is 12.0. The molecule has 0 aliphatic heterocycles. The van der Waals surface area contributed by atoms with Gasteiger partial charge in [-0.15, -0.1) is 0 Å². The maximum Gasteiger partial charge on any atom is 0.265 e. The molecule has 2 rings (SSSR count). The zero-order chi connectivity index (χ0) is 14.5. The average molecular weight is 269 g/mol. The molecule has 0 aromatic heterocycles. The number of benzene rings is 2. The van der Waals surface area contributed by atoms with E-state index in [1.165, 1.54) is 0 Å². The third-order valence-corrected chi connectivity index (χ3v) is 3.17. The Hall–Kier alpha value is -2.29. The van der Waals surface area contributed by atoms with E-state index in [4.69, 9.17) is 4.74 Å². The van der Waals surface area contributed by atoms with E-state index in [0.717, 1.165) is 22.6 Å². The predicted octanol–water partition coefficient (Wildman–Crippen LogP) is 3.71. The number of nitrogens with one attached hydrogen (secondary N) is 1. The molecule has 0 heterocycles. The summed E-state index contributed by atoms with van der Waals surface area (Å²) >= 11 is 0. The molecular formula is C17H19NO2. The van der Waals surface area contributed by atoms with Crippen molar-refractivity contribution in [3.8, 4) is 5.75 Å². The number of rotatable bonds is 4. The molecule has 0 fully saturated rings. The maximum absolute atomic E-state index is 12.1. The van der Waals surface area contributed by atoms with Gasteiger partial charge in [-0.3, -0.25) is 4.79 Å². The molecule has 0 aliphatic carbocycles. The zero-order valence-electron chi connectivity index (χ0n) is 12.0. The number of hydrogen-bond acceptors (Lipinski definition) is 2. The lowest BCUT2D eigenvalue weighted by molar-refractivity contribution is -0.122. The van der Waals surface area contributed by atoms with Gasteiger partial charge < -0.3 is 10.1 Å². The van der Waals surface area contributed by atoms with Gasteiger partial charge in [0.2, 0.25) is 0 Å². The molecule has 1 N–H and O–H groups in total. The number of anilines is 1. The van der Waals surface area contributed by atoms with Crippen molar-refractivity contribution in [3.05, 3.63) is 59.7 Å². The summed E-state index contributed by atoms with van der Waals surface area (Å²) in [6, 6.07) is 15.4. The number of hydrogen-bond donors (Lipinski definition) is 1. The van der Waals surface area contributed by atoms with Gasteiger partial charge in [-0.2, -0.15) is 0 Å². The maximum atomic E-state index is 12.1. The molecule has 1 amide bonds.